The lowest BCUT2D eigenvalue weighted by molar-refractivity contribution is -0.126. The highest BCUT2D eigenvalue weighted by molar-refractivity contribution is 7.91. The maximum Gasteiger partial charge on any atom is 0.225 e. The molecule has 0 saturated carbocycles. The highest BCUT2D eigenvalue weighted by Crippen LogP contribution is 2.15. The van der Waals surface area contributed by atoms with Gasteiger partial charge in [-0.3, -0.25) is 4.79 Å². The van der Waals surface area contributed by atoms with Gasteiger partial charge in [0.05, 0.1) is 16.6 Å². The summed E-state index contributed by atoms with van der Waals surface area (Å²) in [5.41, 5.74) is 0. The van der Waals surface area contributed by atoms with Crippen molar-refractivity contribution in [2.75, 3.05) is 25.4 Å². The number of hydrogen-bond donors (Lipinski definition) is 2. The molecule has 0 aliphatic carbocycles. The van der Waals surface area contributed by atoms with Crippen LogP contribution in [0, 0.1) is 5.92 Å². The predicted octanol–water partition coefficient (Wildman–Crippen LogP) is 0.449. The summed E-state index contributed by atoms with van der Waals surface area (Å²) in [6, 6.07) is 6.00. The Morgan fingerprint density at radius 2 is 1.95 bits per heavy atom. The second-order valence-electron chi connectivity index (χ2n) is 4.42. The van der Waals surface area contributed by atoms with E-state index in [9.17, 15) is 13.2 Å². The van der Waals surface area contributed by atoms with Gasteiger partial charge in [0.2, 0.25) is 5.91 Å². The maximum atomic E-state index is 12.0. The number of hydrogen-bond acceptors (Lipinski definition) is 4. The smallest absolute Gasteiger partial charge is 0.225 e. The number of sulfone groups is 1. The fourth-order valence-corrected chi connectivity index (χ4v) is 2.97. The predicted molar refractivity (Wildman–Crippen MR) is 72.9 cm³/mol. The molecule has 0 bridgehead atoms. The quantitative estimate of drug-likeness (QED) is 0.828. The average molecular weight is 303 g/mol. The molecule has 104 valence electrons. The number of benzene rings is 1. The molecule has 5 nitrogen and oxygen atoms in total. The SMILES string of the molecule is O=C(NCCS(=O)(=O)c1ccc(Cl)cc1)C1CNC1. The van der Waals surface area contributed by atoms with E-state index in [1.807, 2.05) is 0 Å². The van der Waals surface area contributed by atoms with Crippen molar-refractivity contribution < 1.29 is 13.2 Å². The molecule has 19 heavy (non-hydrogen) atoms. The standard InChI is InChI=1S/C12H15ClN2O3S/c13-10-1-3-11(4-2-10)19(17,18)6-5-15-12(16)9-7-14-8-9/h1-4,9,14H,5-8H2,(H,15,16). The van der Waals surface area contributed by atoms with Crippen LogP contribution in [0.25, 0.3) is 0 Å². The van der Waals surface area contributed by atoms with E-state index >= 15 is 0 Å². The van der Waals surface area contributed by atoms with Crippen molar-refractivity contribution in [3.05, 3.63) is 29.3 Å². The van der Waals surface area contributed by atoms with Gasteiger partial charge >= 0.3 is 0 Å². The van der Waals surface area contributed by atoms with Gasteiger partial charge in [-0.15, -0.1) is 0 Å². The molecule has 0 spiro atoms. The molecule has 1 aliphatic heterocycles. The van der Waals surface area contributed by atoms with E-state index in [-0.39, 0.29) is 29.0 Å². The molecule has 1 amide bonds. The molecule has 1 saturated heterocycles. The van der Waals surface area contributed by atoms with Crippen molar-refractivity contribution in [1.29, 1.82) is 0 Å². The molecular weight excluding hydrogens is 288 g/mol. The van der Waals surface area contributed by atoms with E-state index in [0.29, 0.717) is 18.1 Å². The largest absolute Gasteiger partial charge is 0.355 e. The van der Waals surface area contributed by atoms with Crippen LogP contribution in [-0.2, 0) is 14.6 Å². The number of rotatable bonds is 5. The lowest BCUT2D eigenvalue weighted by Crippen LogP contribution is -2.51. The first-order valence-corrected chi connectivity index (χ1v) is 7.99. The molecule has 0 atom stereocenters. The van der Waals surface area contributed by atoms with E-state index < -0.39 is 9.84 Å². The number of halogens is 1. The van der Waals surface area contributed by atoms with Crippen molar-refractivity contribution in [2.45, 2.75) is 4.90 Å². The van der Waals surface area contributed by atoms with Crippen molar-refractivity contribution in [2.24, 2.45) is 5.92 Å². The van der Waals surface area contributed by atoms with Gasteiger partial charge in [-0.05, 0) is 24.3 Å². The molecule has 1 aliphatic rings. The van der Waals surface area contributed by atoms with Crippen LogP contribution in [0.2, 0.25) is 5.02 Å². The Hall–Kier alpha value is -1.11. The maximum absolute atomic E-state index is 12.0. The van der Waals surface area contributed by atoms with Crippen LogP contribution < -0.4 is 10.6 Å². The molecule has 0 radical (unpaired) electrons. The third-order valence-corrected chi connectivity index (χ3v) is 4.98. The summed E-state index contributed by atoms with van der Waals surface area (Å²) in [4.78, 5) is 11.7. The van der Waals surface area contributed by atoms with E-state index in [2.05, 4.69) is 10.6 Å². The third kappa shape index (κ3) is 3.68. The first-order chi connectivity index (χ1) is 8.99. The topological polar surface area (TPSA) is 75.3 Å². The summed E-state index contributed by atoms with van der Waals surface area (Å²) in [7, 11) is -3.38. The fraction of sp³-hybridized carbons (Fsp3) is 0.417. The third-order valence-electron chi connectivity index (χ3n) is 3.00. The van der Waals surface area contributed by atoms with Gasteiger partial charge in [0, 0.05) is 24.7 Å². The monoisotopic (exact) mass is 302 g/mol. The lowest BCUT2D eigenvalue weighted by Gasteiger charge is -2.25. The van der Waals surface area contributed by atoms with E-state index in [1.165, 1.54) is 24.3 Å². The summed E-state index contributed by atoms with van der Waals surface area (Å²) < 4.78 is 23.9. The number of carbonyl (C=O) groups excluding carboxylic acids is 1. The van der Waals surface area contributed by atoms with Crippen LogP contribution >= 0.6 is 11.6 Å². The zero-order chi connectivity index (χ0) is 13.9. The number of amides is 1. The van der Waals surface area contributed by atoms with Gasteiger partial charge in [0.15, 0.2) is 9.84 Å². The summed E-state index contributed by atoms with van der Waals surface area (Å²) in [6.07, 6.45) is 0. The zero-order valence-electron chi connectivity index (χ0n) is 10.2. The second kappa shape index (κ2) is 5.90. The molecule has 1 fully saturated rings. The second-order valence-corrected chi connectivity index (χ2v) is 6.96. The lowest BCUT2D eigenvalue weighted by atomic mass is 10.0. The normalized spacial score (nSPS) is 15.8. The van der Waals surface area contributed by atoms with Gasteiger partial charge < -0.3 is 10.6 Å². The van der Waals surface area contributed by atoms with E-state index in [1.54, 1.807) is 0 Å². The minimum Gasteiger partial charge on any atom is -0.355 e. The van der Waals surface area contributed by atoms with E-state index in [4.69, 9.17) is 11.6 Å². The molecule has 2 rings (SSSR count). The number of carbonyl (C=O) groups is 1. The molecule has 1 aromatic carbocycles. The summed E-state index contributed by atoms with van der Waals surface area (Å²) in [6.45, 7) is 1.45. The van der Waals surface area contributed by atoms with Crippen molar-refractivity contribution in [3.8, 4) is 0 Å². The van der Waals surface area contributed by atoms with Crippen LogP contribution in [0.4, 0.5) is 0 Å². The molecule has 2 N–H and O–H groups in total. The summed E-state index contributed by atoms with van der Waals surface area (Å²) in [5.74, 6) is -0.233. The highest BCUT2D eigenvalue weighted by Gasteiger charge is 2.24. The molecular formula is C12H15ClN2O3S. The van der Waals surface area contributed by atoms with Crippen molar-refractivity contribution in [1.82, 2.24) is 10.6 Å². The van der Waals surface area contributed by atoms with Crippen LogP contribution in [0.3, 0.4) is 0 Å². The first kappa shape index (κ1) is 14.3. The average Bonchev–Trinajstić information content (AvgIpc) is 2.26. The summed E-state index contributed by atoms with van der Waals surface area (Å²) in [5, 5.41) is 6.12. The van der Waals surface area contributed by atoms with Crippen LogP contribution in [0.15, 0.2) is 29.2 Å². The van der Waals surface area contributed by atoms with Crippen molar-refractivity contribution in [3.63, 3.8) is 0 Å². The first-order valence-electron chi connectivity index (χ1n) is 5.96. The molecule has 7 heteroatoms. The minimum atomic E-state index is -3.38. The minimum absolute atomic E-state index is 0.0294. The van der Waals surface area contributed by atoms with Crippen LogP contribution in [0.5, 0.6) is 0 Å². The Bertz CT molecular complexity index is 553. The van der Waals surface area contributed by atoms with Gasteiger partial charge in [-0.1, -0.05) is 11.6 Å². The van der Waals surface area contributed by atoms with Gasteiger partial charge in [-0.25, -0.2) is 8.42 Å². The Balaban J connectivity index is 1.87. The Labute approximate surface area is 117 Å². The van der Waals surface area contributed by atoms with E-state index in [0.717, 1.165) is 0 Å². The van der Waals surface area contributed by atoms with Gasteiger partial charge in [0.25, 0.3) is 0 Å². The Morgan fingerprint density at radius 3 is 2.47 bits per heavy atom. The van der Waals surface area contributed by atoms with Gasteiger partial charge in [-0.2, -0.15) is 0 Å². The molecule has 0 aromatic heterocycles. The van der Waals surface area contributed by atoms with Gasteiger partial charge in [0.1, 0.15) is 0 Å². The van der Waals surface area contributed by atoms with Crippen LogP contribution in [-0.4, -0.2) is 39.7 Å². The molecule has 1 aromatic rings. The van der Waals surface area contributed by atoms with Crippen LogP contribution in [0.1, 0.15) is 0 Å². The summed E-state index contributed by atoms with van der Waals surface area (Å²) >= 11 is 5.71. The highest BCUT2D eigenvalue weighted by atomic mass is 35.5. The van der Waals surface area contributed by atoms with Crippen molar-refractivity contribution >= 4 is 27.3 Å². The number of nitrogens with one attached hydrogen (secondary N) is 2. The Kier molecular flexibility index (Phi) is 4.44. The molecule has 0 unspecified atom stereocenters. The zero-order valence-corrected chi connectivity index (χ0v) is 11.8. The molecule has 1 heterocycles. The Morgan fingerprint density at radius 1 is 1.32 bits per heavy atom. The fourth-order valence-electron chi connectivity index (χ4n) is 1.69.